The van der Waals surface area contributed by atoms with Crippen molar-refractivity contribution in [3.8, 4) is 11.1 Å². The van der Waals surface area contributed by atoms with Crippen LogP contribution in [0.5, 0.6) is 0 Å². The normalized spacial score (nSPS) is 16.9. The van der Waals surface area contributed by atoms with Gasteiger partial charge in [-0.1, -0.05) is 36.4 Å². The topological polar surface area (TPSA) is 109 Å². The van der Waals surface area contributed by atoms with Crippen LogP contribution in [-0.2, 0) is 38.6 Å². The van der Waals surface area contributed by atoms with Crippen molar-refractivity contribution in [2.24, 2.45) is 0 Å². The Balaban J connectivity index is 1.36. The molecule has 3 aromatic carbocycles. The van der Waals surface area contributed by atoms with Gasteiger partial charge in [0.1, 0.15) is 5.60 Å². The molecule has 268 valence electrons. The number of hydrogen-bond donors (Lipinski definition) is 0. The minimum atomic E-state index is -0.643. The Morgan fingerprint density at radius 3 is 2.42 bits per heavy atom. The summed E-state index contributed by atoms with van der Waals surface area (Å²) in [5, 5.41) is 0.891. The summed E-state index contributed by atoms with van der Waals surface area (Å²) in [4.78, 5) is 62.6. The van der Waals surface area contributed by atoms with E-state index in [1.54, 1.807) is 31.2 Å². The quantitative estimate of drug-likeness (QED) is 0.201. The molecule has 1 aromatic heterocycles. The van der Waals surface area contributed by atoms with Gasteiger partial charge >= 0.3 is 6.09 Å². The maximum absolute atomic E-state index is 13.7. The molecule has 10 heteroatoms. The molecule has 3 aliphatic heterocycles. The molecule has 7 rings (SSSR count). The van der Waals surface area contributed by atoms with Gasteiger partial charge in [-0.05, 0) is 104 Å². The molecular weight excluding hydrogens is 656 g/mol. The van der Waals surface area contributed by atoms with Crippen LogP contribution in [-0.4, -0.2) is 69.9 Å². The lowest BCUT2D eigenvalue weighted by atomic mass is 9.88. The lowest BCUT2D eigenvalue weighted by molar-refractivity contribution is -0.129. The van der Waals surface area contributed by atoms with E-state index in [9.17, 15) is 19.2 Å². The Morgan fingerprint density at radius 2 is 1.69 bits per heavy atom. The number of ether oxygens (including phenoxy) is 2. The number of carbonyl (C=O) groups is 4. The van der Waals surface area contributed by atoms with Gasteiger partial charge in [0.2, 0.25) is 17.6 Å². The molecule has 0 N–H and O–H groups in total. The smallest absolute Gasteiger partial charge is 0.410 e. The number of para-hydroxylation sites is 1. The molecular formula is C42H44N4O6. The molecule has 10 nitrogen and oxygen atoms in total. The molecule has 0 atom stereocenters. The highest BCUT2D eigenvalue weighted by molar-refractivity contribution is 6.26. The predicted octanol–water partition coefficient (Wildman–Crippen LogP) is 7.31. The Kier molecular flexibility index (Phi) is 9.44. The fourth-order valence-electron chi connectivity index (χ4n) is 7.52. The molecule has 0 spiro atoms. The summed E-state index contributed by atoms with van der Waals surface area (Å²) >= 11 is 0. The van der Waals surface area contributed by atoms with Crippen LogP contribution < -0.4 is 4.90 Å². The predicted molar refractivity (Wildman–Crippen MR) is 200 cm³/mol. The van der Waals surface area contributed by atoms with E-state index >= 15 is 0 Å². The first-order chi connectivity index (χ1) is 24.9. The molecule has 1 fully saturated rings. The van der Waals surface area contributed by atoms with Crippen LogP contribution in [0.1, 0.15) is 80.2 Å². The zero-order valence-corrected chi connectivity index (χ0v) is 30.4. The van der Waals surface area contributed by atoms with Crippen LogP contribution in [0, 0.1) is 0 Å². The molecule has 3 aliphatic rings. The zero-order valence-electron chi connectivity index (χ0n) is 30.4. The van der Waals surface area contributed by atoms with E-state index in [1.165, 1.54) is 11.8 Å². The highest BCUT2D eigenvalue weighted by atomic mass is 16.6. The van der Waals surface area contributed by atoms with Crippen molar-refractivity contribution in [2.45, 2.75) is 78.6 Å². The van der Waals surface area contributed by atoms with Crippen molar-refractivity contribution in [3.63, 3.8) is 0 Å². The second-order valence-electron chi connectivity index (χ2n) is 14.8. The minimum Gasteiger partial charge on any atom is -0.444 e. The molecule has 0 bridgehead atoms. The van der Waals surface area contributed by atoms with Crippen molar-refractivity contribution in [1.82, 2.24) is 14.8 Å². The lowest BCUT2D eigenvalue weighted by Crippen LogP contribution is -2.45. The number of Topliss-reactive ketones (excluding diaryl/α,β-unsaturated/α-hetero) is 1. The molecule has 0 saturated carbocycles. The van der Waals surface area contributed by atoms with Crippen molar-refractivity contribution in [3.05, 3.63) is 100 Å². The molecule has 4 aromatic rings. The molecule has 0 unspecified atom stereocenters. The van der Waals surface area contributed by atoms with Crippen molar-refractivity contribution in [2.75, 3.05) is 24.7 Å². The SMILES string of the molecule is CC(=O)N1CCc2c(cccc2-c2cc(C=C3C(=O)c4ccccc4N3C(C)=O)nc3ccc(CN(C(=O)OC(C)(C)C)C4CCOCC4)cc23)C1. The van der Waals surface area contributed by atoms with E-state index in [1.807, 2.05) is 60.9 Å². The number of fused-ring (bicyclic) bond motifs is 3. The number of hydrogen-bond acceptors (Lipinski definition) is 7. The fourth-order valence-corrected chi connectivity index (χ4v) is 7.52. The number of carbonyl (C=O) groups excluding carboxylic acids is 4. The van der Waals surface area contributed by atoms with Crippen molar-refractivity contribution >= 4 is 46.4 Å². The molecule has 0 aliphatic carbocycles. The maximum atomic E-state index is 13.7. The summed E-state index contributed by atoms with van der Waals surface area (Å²) in [6, 6.07) is 21.3. The Labute approximate surface area is 304 Å². The summed E-state index contributed by atoms with van der Waals surface area (Å²) in [7, 11) is 0. The van der Waals surface area contributed by atoms with Crippen LogP contribution in [0.15, 0.2) is 72.4 Å². The first kappa shape index (κ1) is 35.1. The summed E-state index contributed by atoms with van der Waals surface area (Å²) in [5.74, 6) is -0.455. The van der Waals surface area contributed by atoms with E-state index in [4.69, 9.17) is 14.5 Å². The van der Waals surface area contributed by atoms with Gasteiger partial charge < -0.3 is 19.3 Å². The number of aromatic nitrogens is 1. The monoisotopic (exact) mass is 700 g/mol. The van der Waals surface area contributed by atoms with E-state index in [-0.39, 0.29) is 35.4 Å². The number of anilines is 1. The third-order valence-electron chi connectivity index (χ3n) is 9.97. The second-order valence-corrected chi connectivity index (χ2v) is 14.8. The summed E-state index contributed by atoms with van der Waals surface area (Å²) in [6.07, 6.45) is 3.48. The summed E-state index contributed by atoms with van der Waals surface area (Å²) < 4.78 is 11.5. The van der Waals surface area contributed by atoms with Crippen molar-refractivity contribution in [1.29, 1.82) is 0 Å². The van der Waals surface area contributed by atoms with Crippen LogP contribution in [0.3, 0.4) is 0 Å². The van der Waals surface area contributed by atoms with Crippen LogP contribution in [0.4, 0.5) is 10.5 Å². The minimum absolute atomic E-state index is 0.0199. The summed E-state index contributed by atoms with van der Waals surface area (Å²) in [5.41, 5.74) is 6.98. The van der Waals surface area contributed by atoms with Gasteiger partial charge in [-0.15, -0.1) is 0 Å². The number of pyridine rings is 1. The van der Waals surface area contributed by atoms with Gasteiger partial charge in [-0.25, -0.2) is 9.78 Å². The number of benzene rings is 3. The third kappa shape index (κ3) is 6.95. The highest BCUT2D eigenvalue weighted by Crippen LogP contribution is 2.39. The Bertz CT molecular complexity index is 2130. The number of ketones is 1. The van der Waals surface area contributed by atoms with Gasteiger partial charge in [0.25, 0.3) is 0 Å². The average molecular weight is 701 g/mol. The lowest BCUT2D eigenvalue weighted by Gasteiger charge is -2.35. The number of rotatable bonds is 5. The Morgan fingerprint density at radius 1 is 0.942 bits per heavy atom. The van der Waals surface area contributed by atoms with Gasteiger partial charge in [-0.3, -0.25) is 19.3 Å². The van der Waals surface area contributed by atoms with E-state index in [0.717, 1.165) is 46.0 Å². The van der Waals surface area contributed by atoms with Crippen LogP contribution >= 0.6 is 0 Å². The Hall–Kier alpha value is -5.35. The van der Waals surface area contributed by atoms with Crippen LogP contribution in [0.25, 0.3) is 28.1 Å². The van der Waals surface area contributed by atoms with Gasteiger partial charge in [-0.2, -0.15) is 0 Å². The van der Waals surface area contributed by atoms with E-state index in [0.29, 0.717) is 61.7 Å². The van der Waals surface area contributed by atoms with E-state index < -0.39 is 5.60 Å². The standard InChI is InChI=1S/C42H44N4O6/c1-26(47)44-18-15-32-29(25-44)9-8-11-33(32)35-22-30(23-39-40(49)34-10-6-7-12-38(34)46(39)27(2)48)43-37-14-13-28(21-36(35)37)24-45(31-16-19-51-20-17-31)41(50)52-42(3,4)5/h6-14,21-23,31H,15-20,24-25H2,1-5H3. The first-order valence-corrected chi connectivity index (χ1v) is 17.9. The van der Waals surface area contributed by atoms with Crippen molar-refractivity contribution < 1.29 is 28.7 Å². The van der Waals surface area contributed by atoms with Gasteiger partial charge in [0.15, 0.2) is 0 Å². The van der Waals surface area contributed by atoms with E-state index in [2.05, 4.69) is 18.2 Å². The van der Waals surface area contributed by atoms with Gasteiger partial charge in [0, 0.05) is 63.7 Å². The molecule has 0 radical (unpaired) electrons. The number of allylic oxidation sites excluding steroid dienone is 1. The molecule has 3 amide bonds. The zero-order chi connectivity index (χ0) is 36.7. The second kappa shape index (κ2) is 14.0. The first-order valence-electron chi connectivity index (χ1n) is 17.9. The average Bonchev–Trinajstić information content (AvgIpc) is 3.40. The van der Waals surface area contributed by atoms with Gasteiger partial charge in [0.05, 0.1) is 22.6 Å². The summed E-state index contributed by atoms with van der Waals surface area (Å²) in [6.45, 7) is 11.3. The maximum Gasteiger partial charge on any atom is 0.410 e. The molecule has 52 heavy (non-hydrogen) atoms. The third-order valence-corrected chi connectivity index (χ3v) is 9.97. The molecule has 1 saturated heterocycles. The number of amides is 3. The van der Waals surface area contributed by atoms with Crippen LogP contribution in [0.2, 0.25) is 0 Å². The highest BCUT2D eigenvalue weighted by Gasteiger charge is 2.35. The fraction of sp³-hybridized carbons (Fsp3) is 0.357. The number of nitrogens with zero attached hydrogens (tertiary/aromatic N) is 4. The largest absolute Gasteiger partial charge is 0.444 e. The molecule has 4 heterocycles.